The molecule has 13 heteroatoms. The number of rotatable bonds is 14. The fourth-order valence-corrected chi connectivity index (χ4v) is 5.84. The van der Waals surface area contributed by atoms with Crippen molar-refractivity contribution in [3.63, 3.8) is 0 Å². The third kappa shape index (κ3) is 9.48. The Balaban J connectivity index is 1.60. The molecule has 4 rings (SSSR count). The zero-order valence-electron chi connectivity index (χ0n) is 29.2. The van der Waals surface area contributed by atoms with Crippen LogP contribution in [0.5, 0.6) is 0 Å². The van der Waals surface area contributed by atoms with Gasteiger partial charge < -0.3 is 26.2 Å². The second kappa shape index (κ2) is 16.1. The zero-order valence-corrected chi connectivity index (χ0v) is 29.2. The minimum atomic E-state index is -1.09. The van der Waals surface area contributed by atoms with E-state index in [-0.39, 0.29) is 37.0 Å². The minimum absolute atomic E-state index is 0.0119. The summed E-state index contributed by atoms with van der Waals surface area (Å²) in [5, 5.41) is 11.2. The first-order chi connectivity index (χ1) is 23.2. The van der Waals surface area contributed by atoms with Crippen molar-refractivity contribution in [2.24, 2.45) is 11.3 Å². The first-order valence-electron chi connectivity index (χ1n) is 17.1. The third-order valence-electron chi connectivity index (χ3n) is 9.16. The van der Waals surface area contributed by atoms with Crippen LogP contribution in [0.4, 0.5) is 0 Å². The third-order valence-corrected chi connectivity index (χ3v) is 9.16. The standard InChI is InChI=1S/C36H49N7O6/c1-7-11-25(29(44)34(48)39-24-14-15-24)40-32(46)27-18-22-12-9-10-13-23(22)20-43(27)35(49)30(36(4,5)6)42-33(47)28(21(3)8-2)41-31(45)26-19-37-16-17-38-26/h9-10,12-13,16-17,19,21,24-25,27-28,30H,7-8,11,14-15,18,20H2,1-6H3,(H,39,48)(H,40,46)(H,41,45)(H,42,47)/t21-,25?,27-,28-,30+/m0/s1. The van der Waals surface area contributed by atoms with Gasteiger partial charge in [-0.2, -0.15) is 0 Å². The van der Waals surface area contributed by atoms with Crippen molar-refractivity contribution in [1.29, 1.82) is 0 Å². The van der Waals surface area contributed by atoms with Crippen molar-refractivity contribution >= 4 is 35.3 Å². The van der Waals surface area contributed by atoms with Crippen molar-refractivity contribution in [3.05, 3.63) is 59.7 Å². The first-order valence-corrected chi connectivity index (χ1v) is 17.1. The van der Waals surface area contributed by atoms with Gasteiger partial charge in [-0.05, 0) is 41.7 Å². The molecule has 0 radical (unpaired) electrons. The predicted octanol–water partition coefficient (Wildman–Crippen LogP) is 2.24. The topological polar surface area (TPSA) is 180 Å². The summed E-state index contributed by atoms with van der Waals surface area (Å²) < 4.78 is 0. The number of Topliss-reactive ketones (excluding diaryl/α,β-unsaturated/α-hetero) is 1. The number of carbonyl (C=O) groups excluding carboxylic acids is 6. The summed E-state index contributed by atoms with van der Waals surface area (Å²) >= 11 is 0. The SMILES string of the molecule is CCCC(NC(=O)[C@@H]1Cc2ccccc2CN1C(=O)[C@@H](NC(=O)[C@@H](NC(=O)c1cnccn1)[C@@H](C)CC)C(C)(C)C)C(=O)C(=O)NC1CC1. The number of carbonyl (C=O) groups is 6. The van der Waals surface area contributed by atoms with Crippen molar-refractivity contribution in [3.8, 4) is 0 Å². The number of benzene rings is 1. The summed E-state index contributed by atoms with van der Waals surface area (Å²) in [4.78, 5) is 90.7. The fraction of sp³-hybridized carbons (Fsp3) is 0.556. The first kappa shape index (κ1) is 37.1. The molecule has 13 nitrogen and oxygen atoms in total. The molecular weight excluding hydrogens is 626 g/mol. The van der Waals surface area contributed by atoms with E-state index in [0.29, 0.717) is 12.8 Å². The van der Waals surface area contributed by atoms with Crippen LogP contribution in [0.3, 0.4) is 0 Å². The average molecular weight is 676 g/mol. The number of hydrogen-bond acceptors (Lipinski definition) is 8. The molecule has 5 atom stereocenters. The highest BCUT2D eigenvalue weighted by atomic mass is 16.2. The van der Waals surface area contributed by atoms with Crippen LogP contribution in [0.25, 0.3) is 0 Å². The quantitative estimate of drug-likeness (QED) is 0.220. The summed E-state index contributed by atoms with van der Waals surface area (Å²) in [6.07, 6.45) is 7.33. The summed E-state index contributed by atoms with van der Waals surface area (Å²) in [6.45, 7) is 11.1. The van der Waals surface area contributed by atoms with Gasteiger partial charge in [0.2, 0.25) is 23.5 Å². The highest BCUT2D eigenvalue weighted by Crippen LogP contribution is 2.29. The Morgan fingerprint density at radius 3 is 2.24 bits per heavy atom. The molecule has 1 aromatic heterocycles. The van der Waals surface area contributed by atoms with Gasteiger partial charge >= 0.3 is 0 Å². The maximum atomic E-state index is 14.6. The monoisotopic (exact) mass is 675 g/mol. The van der Waals surface area contributed by atoms with Gasteiger partial charge in [0.25, 0.3) is 11.8 Å². The minimum Gasteiger partial charge on any atom is -0.347 e. The van der Waals surface area contributed by atoms with Gasteiger partial charge in [-0.25, -0.2) is 4.98 Å². The van der Waals surface area contributed by atoms with Gasteiger partial charge in [-0.3, -0.25) is 33.8 Å². The number of aromatic nitrogens is 2. The maximum absolute atomic E-state index is 14.6. The molecule has 0 saturated heterocycles. The molecule has 1 aromatic carbocycles. The van der Waals surface area contributed by atoms with Gasteiger partial charge in [0.15, 0.2) is 0 Å². The van der Waals surface area contributed by atoms with Crippen LogP contribution in [-0.4, -0.2) is 80.4 Å². The van der Waals surface area contributed by atoms with E-state index in [4.69, 9.17) is 0 Å². The number of nitrogens with one attached hydrogen (secondary N) is 4. The number of ketones is 1. The lowest BCUT2D eigenvalue weighted by molar-refractivity contribution is -0.148. The molecule has 0 spiro atoms. The molecular formula is C36H49N7O6. The Morgan fingerprint density at radius 2 is 1.65 bits per heavy atom. The summed E-state index contributed by atoms with van der Waals surface area (Å²) in [5.74, 6) is -3.88. The van der Waals surface area contributed by atoms with E-state index < -0.39 is 64.9 Å². The molecule has 264 valence electrons. The lowest BCUT2D eigenvalue weighted by atomic mass is 9.83. The van der Waals surface area contributed by atoms with E-state index in [2.05, 4.69) is 31.2 Å². The Morgan fingerprint density at radius 1 is 0.959 bits per heavy atom. The maximum Gasteiger partial charge on any atom is 0.289 e. The summed E-state index contributed by atoms with van der Waals surface area (Å²) in [5.41, 5.74) is 0.994. The Bertz CT molecular complexity index is 1540. The van der Waals surface area contributed by atoms with Crippen molar-refractivity contribution in [1.82, 2.24) is 36.1 Å². The van der Waals surface area contributed by atoms with E-state index in [0.717, 1.165) is 24.0 Å². The van der Waals surface area contributed by atoms with Crippen molar-refractivity contribution in [2.45, 2.75) is 117 Å². The van der Waals surface area contributed by atoms with E-state index in [9.17, 15) is 28.8 Å². The van der Waals surface area contributed by atoms with E-state index in [1.54, 1.807) is 0 Å². The lowest BCUT2D eigenvalue weighted by Crippen LogP contribution is -2.63. The second-order valence-corrected chi connectivity index (χ2v) is 14.2. The molecule has 0 bridgehead atoms. The number of fused-ring (bicyclic) bond motifs is 1. The van der Waals surface area contributed by atoms with Crippen LogP contribution in [0, 0.1) is 11.3 Å². The largest absolute Gasteiger partial charge is 0.347 e. The highest BCUT2D eigenvalue weighted by molar-refractivity contribution is 6.38. The fourth-order valence-electron chi connectivity index (χ4n) is 5.84. The molecule has 1 saturated carbocycles. The normalized spacial score (nSPS) is 18.2. The molecule has 2 aromatic rings. The van der Waals surface area contributed by atoms with E-state index >= 15 is 0 Å². The molecule has 49 heavy (non-hydrogen) atoms. The molecule has 2 heterocycles. The lowest BCUT2D eigenvalue weighted by Gasteiger charge is -2.41. The summed E-state index contributed by atoms with van der Waals surface area (Å²) in [6, 6.07) is 3.37. The van der Waals surface area contributed by atoms with Gasteiger partial charge in [-0.1, -0.05) is 78.6 Å². The van der Waals surface area contributed by atoms with Crippen molar-refractivity contribution < 1.29 is 28.8 Å². The zero-order chi connectivity index (χ0) is 35.9. The molecule has 4 N–H and O–H groups in total. The smallest absolute Gasteiger partial charge is 0.289 e. The van der Waals surface area contributed by atoms with Crippen LogP contribution < -0.4 is 21.3 Å². The van der Waals surface area contributed by atoms with Gasteiger partial charge in [0, 0.05) is 31.4 Å². The molecule has 5 amide bonds. The Hall–Kier alpha value is -4.68. The van der Waals surface area contributed by atoms with E-state index in [1.165, 1.54) is 23.5 Å². The number of nitrogens with zero attached hydrogens (tertiary/aromatic N) is 3. The molecule has 1 aliphatic heterocycles. The van der Waals surface area contributed by atoms with Gasteiger partial charge in [0.05, 0.1) is 12.2 Å². The van der Waals surface area contributed by atoms with Crippen LogP contribution in [0.15, 0.2) is 42.9 Å². The molecule has 1 fully saturated rings. The molecule has 1 unspecified atom stereocenters. The van der Waals surface area contributed by atoms with Crippen LogP contribution in [-0.2, 0) is 36.9 Å². The van der Waals surface area contributed by atoms with Gasteiger partial charge in [-0.15, -0.1) is 0 Å². The molecule has 2 aliphatic rings. The second-order valence-electron chi connectivity index (χ2n) is 14.2. The van der Waals surface area contributed by atoms with Crippen molar-refractivity contribution in [2.75, 3.05) is 0 Å². The van der Waals surface area contributed by atoms with Crippen LogP contribution >= 0.6 is 0 Å². The summed E-state index contributed by atoms with van der Waals surface area (Å²) in [7, 11) is 0. The van der Waals surface area contributed by atoms with Crippen LogP contribution in [0.1, 0.15) is 95.3 Å². The average Bonchev–Trinajstić information content (AvgIpc) is 3.91. The number of hydrogen-bond donors (Lipinski definition) is 4. The molecule has 1 aliphatic carbocycles. The number of amides is 5. The van der Waals surface area contributed by atoms with Gasteiger partial charge in [0.1, 0.15) is 23.8 Å². The Labute approximate surface area is 287 Å². The van der Waals surface area contributed by atoms with Crippen LogP contribution in [0.2, 0.25) is 0 Å². The highest BCUT2D eigenvalue weighted by Gasteiger charge is 2.44. The predicted molar refractivity (Wildman–Crippen MR) is 182 cm³/mol. The Kier molecular flexibility index (Phi) is 12.2. The van der Waals surface area contributed by atoms with E-state index in [1.807, 2.05) is 65.8 Å².